The average Bonchev–Trinajstić information content (AvgIpc) is 2.75. The molecule has 20 heavy (non-hydrogen) atoms. The predicted molar refractivity (Wildman–Crippen MR) is 76.8 cm³/mol. The van der Waals surface area contributed by atoms with Gasteiger partial charge in [-0.3, -0.25) is 4.40 Å². The third-order valence-electron chi connectivity index (χ3n) is 3.69. The molecule has 2 heterocycles. The lowest BCUT2D eigenvalue weighted by molar-refractivity contribution is 0.411. The number of pyridine rings is 1. The van der Waals surface area contributed by atoms with Crippen molar-refractivity contribution < 1.29 is 8.42 Å². The Morgan fingerprint density at radius 1 is 1.25 bits per heavy atom. The fourth-order valence-corrected chi connectivity index (χ4v) is 4.27. The van der Waals surface area contributed by atoms with Gasteiger partial charge in [-0.15, -0.1) is 0 Å². The lowest BCUT2D eigenvalue weighted by Crippen LogP contribution is -2.37. The van der Waals surface area contributed by atoms with Gasteiger partial charge in [0.25, 0.3) is 10.0 Å². The van der Waals surface area contributed by atoms with Crippen LogP contribution in [0.1, 0.15) is 32.1 Å². The highest BCUT2D eigenvalue weighted by atomic mass is 32.2. The van der Waals surface area contributed by atoms with E-state index in [1.165, 1.54) is 10.8 Å². The Balaban J connectivity index is 1.98. The van der Waals surface area contributed by atoms with Crippen LogP contribution in [-0.4, -0.2) is 23.8 Å². The third kappa shape index (κ3) is 2.38. The second-order valence-corrected chi connectivity index (χ2v) is 6.82. The van der Waals surface area contributed by atoms with Crippen LogP contribution in [0.15, 0.2) is 29.4 Å². The van der Waals surface area contributed by atoms with E-state index in [0.717, 1.165) is 25.7 Å². The number of nitrogens with one attached hydrogen (secondary N) is 1. The molecule has 2 aromatic rings. The molecule has 0 aromatic carbocycles. The van der Waals surface area contributed by atoms with Crippen molar-refractivity contribution in [2.24, 2.45) is 0 Å². The third-order valence-corrected chi connectivity index (χ3v) is 5.25. The first-order chi connectivity index (χ1) is 9.58. The number of nitrogen functional groups attached to an aromatic ring is 1. The van der Waals surface area contributed by atoms with E-state index in [4.69, 9.17) is 5.73 Å². The van der Waals surface area contributed by atoms with Crippen LogP contribution in [-0.2, 0) is 10.0 Å². The molecule has 7 heteroatoms. The molecule has 0 aliphatic heterocycles. The lowest BCUT2D eigenvalue weighted by Gasteiger charge is -2.22. The highest BCUT2D eigenvalue weighted by molar-refractivity contribution is 7.89. The molecule has 3 rings (SSSR count). The lowest BCUT2D eigenvalue weighted by atomic mass is 9.96. The van der Waals surface area contributed by atoms with Crippen LogP contribution in [0.4, 0.5) is 5.82 Å². The van der Waals surface area contributed by atoms with Crippen molar-refractivity contribution in [2.75, 3.05) is 5.73 Å². The molecule has 0 spiro atoms. The van der Waals surface area contributed by atoms with E-state index >= 15 is 0 Å². The van der Waals surface area contributed by atoms with Gasteiger partial charge in [-0.05, 0) is 25.0 Å². The van der Waals surface area contributed by atoms with Gasteiger partial charge in [0.05, 0.1) is 0 Å². The summed E-state index contributed by atoms with van der Waals surface area (Å²) in [6.07, 6.45) is 6.74. The molecule has 1 saturated carbocycles. The molecule has 0 atom stereocenters. The van der Waals surface area contributed by atoms with Gasteiger partial charge in [0, 0.05) is 12.2 Å². The zero-order valence-corrected chi connectivity index (χ0v) is 11.9. The van der Waals surface area contributed by atoms with Crippen molar-refractivity contribution in [3.8, 4) is 0 Å². The number of anilines is 1. The van der Waals surface area contributed by atoms with Crippen LogP contribution >= 0.6 is 0 Å². The van der Waals surface area contributed by atoms with Crippen LogP contribution in [0, 0.1) is 0 Å². The average molecular weight is 294 g/mol. The molecule has 108 valence electrons. The Morgan fingerprint density at radius 2 is 2.00 bits per heavy atom. The molecule has 2 aromatic heterocycles. The zero-order valence-electron chi connectivity index (χ0n) is 11.1. The summed E-state index contributed by atoms with van der Waals surface area (Å²) in [6.45, 7) is 0. The van der Waals surface area contributed by atoms with E-state index in [0.29, 0.717) is 5.65 Å². The first kappa shape index (κ1) is 13.4. The summed E-state index contributed by atoms with van der Waals surface area (Å²) < 4.78 is 29.4. The highest BCUT2D eigenvalue weighted by Crippen LogP contribution is 2.23. The van der Waals surface area contributed by atoms with Crippen LogP contribution in [0.3, 0.4) is 0 Å². The Labute approximate surface area is 118 Å². The summed E-state index contributed by atoms with van der Waals surface area (Å²) in [6, 6.07) is 5.29. The van der Waals surface area contributed by atoms with Crippen molar-refractivity contribution in [2.45, 2.75) is 43.2 Å². The number of hydrogen-bond acceptors (Lipinski definition) is 4. The molecule has 3 N–H and O–H groups in total. The maximum Gasteiger partial charge on any atom is 0.260 e. The summed E-state index contributed by atoms with van der Waals surface area (Å²) in [7, 11) is -3.65. The van der Waals surface area contributed by atoms with E-state index in [1.807, 2.05) is 0 Å². The fourth-order valence-electron chi connectivity index (χ4n) is 2.75. The monoisotopic (exact) mass is 294 g/mol. The van der Waals surface area contributed by atoms with Crippen molar-refractivity contribution >= 4 is 21.5 Å². The molecular weight excluding hydrogens is 276 g/mol. The minimum atomic E-state index is -3.65. The number of aromatic nitrogens is 2. The van der Waals surface area contributed by atoms with Crippen LogP contribution < -0.4 is 10.5 Å². The zero-order chi connectivity index (χ0) is 14.2. The maximum atomic E-state index is 12.5. The topological polar surface area (TPSA) is 89.5 Å². The number of fused-ring (bicyclic) bond motifs is 1. The van der Waals surface area contributed by atoms with Gasteiger partial charge in [0.15, 0.2) is 10.8 Å². The number of imidazole rings is 1. The van der Waals surface area contributed by atoms with Gasteiger partial charge in [0.2, 0.25) is 0 Å². The first-order valence-corrected chi connectivity index (χ1v) is 8.31. The Morgan fingerprint density at radius 3 is 2.75 bits per heavy atom. The van der Waals surface area contributed by atoms with Gasteiger partial charge in [-0.2, -0.15) is 0 Å². The maximum absolute atomic E-state index is 12.5. The smallest absolute Gasteiger partial charge is 0.260 e. The Kier molecular flexibility index (Phi) is 3.39. The predicted octanol–water partition coefficient (Wildman–Crippen LogP) is 1.53. The van der Waals surface area contributed by atoms with Gasteiger partial charge in [-0.25, -0.2) is 18.1 Å². The van der Waals surface area contributed by atoms with E-state index in [2.05, 4.69) is 9.71 Å². The minimum absolute atomic E-state index is 0.00223. The van der Waals surface area contributed by atoms with Crippen LogP contribution in [0.2, 0.25) is 0 Å². The number of nitrogens with zero attached hydrogens (tertiary/aromatic N) is 2. The van der Waals surface area contributed by atoms with Gasteiger partial charge >= 0.3 is 0 Å². The standard InChI is InChI=1S/C13H18N4O2S/c14-12-13(17-9-5-4-8-11(17)15-12)20(18,19)16-10-6-2-1-3-7-10/h4-5,8-10,16H,1-3,6-7,14H2. The van der Waals surface area contributed by atoms with Crippen molar-refractivity contribution in [3.63, 3.8) is 0 Å². The number of rotatable bonds is 3. The van der Waals surface area contributed by atoms with E-state index in [9.17, 15) is 8.42 Å². The van der Waals surface area contributed by atoms with E-state index in [1.54, 1.807) is 24.4 Å². The largest absolute Gasteiger partial charge is 0.381 e. The number of hydrogen-bond donors (Lipinski definition) is 2. The second kappa shape index (κ2) is 5.06. The van der Waals surface area contributed by atoms with Gasteiger partial charge in [-0.1, -0.05) is 25.3 Å². The Bertz CT molecular complexity index is 717. The SMILES string of the molecule is Nc1nc2ccccn2c1S(=O)(=O)NC1CCCCC1. The molecule has 0 bridgehead atoms. The molecule has 0 saturated heterocycles. The molecule has 0 radical (unpaired) electrons. The van der Waals surface area contributed by atoms with Crippen molar-refractivity contribution in [3.05, 3.63) is 24.4 Å². The number of sulfonamides is 1. The Hall–Kier alpha value is -1.60. The molecule has 1 aliphatic rings. The summed E-state index contributed by atoms with van der Waals surface area (Å²) in [5.74, 6) is 0.0412. The highest BCUT2D eigenvalue weighted by Gasteiger charge is 2.27. The first-order valence-electron chi connectivity index (χ1n) is 6.83. The molecule has 0 unspecified atom stereocenters. The van der Waals surface area contributed by atoms with Crippen LogP contribution in [0.25, 0.3) is 5.65 Å². The summed E-state index contributed by atoms with van der Waals surface area (Å²) in [4.78, 5) is 4.09. The second-order valence-electron chi connectivity index (χ2n) is 5.19. The summed E-state index contributed by atoms with van der Waals surface area (Å²) in [5.41, 5.74) is 6.33. The molecule has 6 nitrogen and oxygen atoms in total. The summed E-state index contributed by atoms with van der Waals surface area (Å²) in [5, 5.41) is 0.0404. The van der Waals surface area contributed by atoms with Crippen LogP contribution in [0.5, 0.6) is 0 Å². The van der Waals surface area contributed by atoms with E-state index < -0.39 is 10.0 Å². The normalized spacial score (nSPS) is 17.6. The van der Waals surface area contributed by atoms with Crippen molar-refractivity contribution in [1.29, 1.82) is 0 Å². The molecule has 0 amide bonds. The van der Waals surface area contributed by atoms with E-state index in [-0.39, 0.29) is 16.9 Å². The number of nitrogens with two attached hydrogens (primary N) is 1. The fraction of sp³-hybridized carbons (Fsp3) is 0.462. The van der Waals surface area contributed by atoms with Gasteiger partial charge < -0.3 is 5.73 Å². The summed E-state index contributed by atoms with van der Waals surface area (Å²) >= 11 is 0. The molecule has 1 fully saturated rings. The quantitative estimate of drug-likeness (QED) is 0.898. The molecular formula is C13H18N4O2S. The minimum Gasteiger partial charge on any atom is -0.381 e. The van der Waals surface area contributed by atoms with Crippen molar-refractivity contribution in [1.82, 2.24) is 14.1 Å². The van der Waals surface area contributed by atoms with Gasteiger partial charge in [0.1, 0.15) is 5.65 Å². The molecule has 1 aliphatic carbocycles.